The summed E-state index contributed by atoms with van der Waals surface area (Å²) in [5.41, 5.74) is 0.683. The Labute approximate surface area is 108 Å². The van der Waals surface area contributed by atoms with Crippen LogP contribution in [-0.2, 0) is 9.53 Å². The van der Waals surface area contributed by atoms with E-state index in [1.54, 1.807) is 0 Å². The fourth-order valence-electron chi connectivity index (χ4n) is 1.33. The Kier molecular flexibility index (Phi) is 6.22. The highest BCUT2D eigenvalue weighted by Crippen LogP contribution is 2.24. The summed E-state index contributed by atoms with van der Waals surface area (Å²) < 4.78 is 10.7. The van der Waals surface area contributed by atoms with Gasteiger partial charge in [0.15, 0.2) is 0 Å². The van der Waals surface area contributed by atoms with Gasteiger partial charge in [0, 0.05) is 6.61 Å². The van der Waals surface area contributed by atoms with Gasteiger partial charge >= 0.3 is 0 Å². The van der Waals surface area contributed by atoms with Gasteiger partial charge in [-0.1, -0.05) is 26.0 Å². The first kappa shape index (κ1) is 14.5. The minimum Gasteiger partial charge on any atom is -0.491 e. The third-order valence-electron chi connectivity index (χ3n) is 2.17. The van der Waals surface area contributed by atoms with E-state index in [1.807, 2.05) is 31.2 Å². The number of anilines is 1. The van der Waals surface area contributed by atoms with E-state index in [2.05, 4.69) is 19.2 Å². The van der Waals surface area contributed by atoms with Gasteiger partial charge in [0.2, 0.25) is 5.91 Å². The molecule has 0 fully saturated rings. The largest absolute Gasteiger partial charge is 0.491 e. The maximum Gasteiger partial charge on any atom is 0.250 e. The highest BCUT2D eigenvalue weighted by atomic mass is 16.5. The summed E-state index contributed by atoms with van der Waals surface area (Å²) in [6.07, 6.45) is 0. The fourth-order valence-corrected chi connectivity index (χ4v) is 1.33. The van der Waals surface area contributed by atoms with Crippen LogP contribution in [0.25, 0.3) is 0 Å². The number of carbonyl (C=O) groups is 1. The van der Waals surface area contributed by atoms with Crippen molar-refractivity contribution in [1.82, 2.24) is 0 Å². The minimum absolute atomic E-state index is 0.0645. The molecule has 0 aliphatic carbocycles. The van der Waals surface area contributed by atoms with Crippen molar-refractivity contribution in [2.45, 2.75) is 20.8 Å². The molecule has 0 bridgehead atoms. The van der Waals surface area contributed by atoms with Crippen molar-refractivity contribution >= 4 is 11.6 Å². The standard InChI is InChI=1S/C14H21NO3/c1-4-17-10-14(16)15-12-7-5-6-8-13(12)18-9-11(2)3/h5-8,11H,4,9-10H2,1-3H3,(H,15,16). The molecule has 4 nitrogen and oxygen atoms in total. The van der Waals surface area contributed by atoms with E-state index in [1.165, 1.54) is 0 Å². The predicted octanol–water partition coefficient (Wildman–Crippen LogP) is 2.70. The first-order chi connectivity index (χ1) is 8.63. The van der Waals surface area contributed by atoms with Gasteiger partial charge < -0.3 is 14.8 Å². The van der Waals surface area contributed by atoms with Crippen molar-refractivity contribution in [2.24, 2.45) is 5.92 Å². The number of carbonyl (C=O) groups excluding carboxylic acids is 1. The van der Waals surface area contributed by atoms with Crippen LogP contribution in [0.4, 0.5) is 5.69 Å². The Morgan fingerprint density at radius 1 is 1.33 bits per heavy atom. The molecular formula is C14H21NO3. The second-order valence-corrected chi connectivity index (χ2v) is 4.39. The van der Waals surface area contributed by atoms with E-state index >= 15 is 0 Å². The van der Waals surface area contributed by atoms with Crippen molar-refractivity contribution in [2.75, 3.05) is 25.1 Å². The van der Waals surface area contributed by atoms with Gasteiger partial charge in [0.05, 0.1) is 12.3 Å². The molecule has 100 valence electrons. The van der Waals surface area contributed by atoms with Crippen LogP contribution < -0.4 is 10.1 Å². The average Bonchev–Trinajstić information content (AvgIpc) is 2.35. The molecule has 0 atom stereocenters. The maximum atomic E-state index is 11.6. The van der Waals surface area contributed by atoms with Gasteiger partial charge in [-0.3, -0.25) is 4.79 Å². The zero-order chi connectivity index (χ0) is 13.4. The van der Waals surface area contributed by atoms with E-state index in [0.29, 0.717) is 30.6 Å². The lowest BCUT2D eigenvalue weighted by Gasteiger charge is -2.13. The Bertz CT molecular complexity index is 377. The van der Waals surface area contributed by atoms with Crippen LogP contribution in [-0.4, -0.2) is 25.7 Å². The Morgan fingerprint density at radius 3 is 2.72 bits per heavy atom. The smallest absolute Gasteiger partial charge is 0.250 e. The molecule has 1 amide bonds. The van der Waals surface area contributed by atoms with Crippen LogP contribution in [0.5, 0.6) is 5.75 Å². The topological polar surface area (TPSA) is 47.6 Å². The molecule has 0 spiro atoms. The molecule has 0 aromatic heterocycles. The molecule has 0 saturated carbocycles. The van der Waals surface area contributed by atoms with Crippen molar-refractivity contribution in [3.63, 3.8) is 0 Å². The molecule has 4 heteroatoms. The Balaban J connectivity index is 2.61. The maximum absolute atomic E-state index is 11.6. The first-order valence-corrected chi connectivity index (χ1v) is 6.23. The molecule has 0 saturated heterocycles. The second-order valence-electron chi connectivity index (χ2n) is 4.39. The van der Waals surface area contributed by atoms with Crippen molar-refractivity contribution < 1.29 is 14.3 Å². The van der Waals surface area contributed by atoms with Crippen LogP contribution in [0.2, 0.25) is 0 Å². The predicted molar refractivity (Wildman–Crippen MR) is 71.9 cm³/mol. The molecule has 18 heavy (non-hydrogen) atoms. The van der Waals surface area contributed by atoms with Crippen molar-refractivity contribution in [3.05, 3.63) is 24.3 Å². The first-order valence-electron chi connectivity index (χ1n) is 6.23. The van der Waals surface area contributed by atoms with E-state index in [9.17, 15) is 4.79 Å². The number of hydrogen-bond acceptors (Lipinski definition) is 3. The van der Waals surface area contributed by atoms with Gasteiger partial charge in [-0.25, -0.2) is 0 Å². The van der Waals surface area contributed by atoms with Gasteiger partial charge in [-0.05, 0) is 25.0 Å². The lowest BCUT2D eigenvalue weighted by atomic mass is 10.2. The van der Waals surface area contributed by atoms with Gasteiger partial charge in [0.25, 0.3) is 0 Å². The van der Waals surface area contributed by atoms with Crippen molar-refractivity contribution in [1.29, 1.82) is 0 Å². The molecule has 0 aliphatic rings. The number of rotatable bonds is 7. The third-order valence-corrected chi connectivity index (χ3v) is 2.17. The number of para-hydroxylation sites is 2. The lowest BCUT2D eigenvalue weighted by Crippen LogP contribution is -2.19. The summed E-state index contributed by atoms with van der Waals surface area (Å²) in [4.78, 5) is 11.6. The van der Waals surface area contributed by atoms with Crippen molar-refractivity contribution in [3.8, 4) is 5.75 Å². The molecule has 0 aliphatic heterocycles. The van der Waals surface area contributed by atoms with E-state index in [0.717, 1.165) is 0 Å². The van der Waals surface area contributed by atoms with Crippen LogP contribution in [0.15, 0.2) is 24.3 Å². The summed E-state index contributed by atoms with van der Waals surface area (Å²) >= 11 is 0. The monoisotopic (exact) mass is 251 g/mol. The van der Waals surface area contributed by atoms with Crippen LogP contribution in [0, 0.1) is 5.92 Å². The molecule has 1 rings (SSSR count). The zero-order valence-corrected chi connectivity index (χ0v) is 11.2. The molecule has 1 aromatic carbocycles. The van der Waals surface area contributed by atoms with Crippen LogP contribution >= 0.6 is 0 Å². The Morgan fingerprint density at radius 2 is 2.06 bits per heavy atom. The van der Waals surface area contributed by atoms with Gasteiger partial charge in [-0.15, -0.1) is 0 Å². The number of amides is 1. The third kappa shape index (κ3) is 5.19. The molecule has 0 unspecified atom stereocenters. The zero-order valence-electron chi connectivity index (χ0n) is 11.2. The summed E-state index contributed by atoms with van der Waals surface area (Å²) in [5.74, 6) is 0.964. The summed E-state index contributed by atoms with van der Waals surface area (Å²) in [5, 5.41) is 2.78. The summed E-state index contributed by atoms with van der Waals surface area (Å²) in [6.45, 7) is 7.23. The highest BCUT2D eigenvalue weighted by Gasteiger charge is 2.07. The second kappa shape index (κ2) is 7.71. The highest BCUT2D eigenvalue weighted by molar-refractivity contribution is 5.93. The van der Waals surface area contributed by atoms with Gasteiger partial charge in [0.1, 0.15) is 12.4 Å². The lowest BCUT2D eigenvalue weighted by molar-refractivity contribution is -0.120. The summed E-state index contributed by atoms with van der Waals surface area (Å²) in [6, 6.07) is 7.41. The van der Waals surface area contributed by atoms with Crippen LogP contribution in [0.3, 0.4) is 0 Å². The number of ether oxygens (including phenoxy) is 2. The number of benzene rings is 1. The summed E-state index contributed by atoms with van der Waals surface area (Å²) in [7, 11) is 0. The quantitative estimate of drug-likeness (QED) is 0.810. The van der Waals surface area contributed by atoms with E-state index in [4.69, 9.17) is 9.47 Å². The molecule has 0 radical (unpaired) electrons. The minimum atomic E-state index is -0.169. The SMILES string of the molecule is CCOCC(=O)Nc1ccccc1OCC(C)C. The molecule has 1 aromatic rings. The molecule has 0 heterocycles. The fraction of sp³-hybridized carbons (Fsp3) is 0.500. The van der Waals surface area contributed by atoms with E-state index in [-0.39, 0.29) is 12.5 Å². The number of hydrogen-bond donors (Lipinski definition) is 1. The molecule has 1 N–H and O–H groups in total. The normalized spacial score (nSPS) is 10.4. The van der Waals surface area contributed by atoms with Gasteiger partial charge in [-0.2, -0.15) is 0 Å². The van der Waals surface area contributed by atoms with E-state index < -0.39 is 0 Å². The molecular weight excluding hydrogens is 230 g/mol. The Hall–Kier alpha value is -1.55. The number of nitrogens with one attached hydrogen (secondary N) is 1. The van der Waals surface area contributed by atoms with Crippen LogP contribution in [0.1, 0.15) is 20.8 Å². The average molecular weight is 251 g/mol.